The monoisotopic (exact) mass is 188 g/mol. The van der Waals surface area contributed by atoms with Gasteiger partial charge in [0.1, 0.15) is 6.10 Å². The lowest BCUT2D eigenvalue weighted by Crippen LogP contribution is -2.21. The van der Waals surface area contributed by atoms with Crippen LogP contribution in [-0.2, 0) is 16.0 Å². The highest BCUT2D eigenvalue weighted by atomic mass is 16.5. The molecule has 1 aromatic rings. The van der Waals surface area contributed by atoms with Gasteiger partial charge in [-0.2, -0.15) is 0 Å². The zero-order valence-electron chi connectivity index (χ0n) is 7.90. The van der Waals surface area contributed by atoms with Crippen LogP contribution < -0.4 is 0 Å². The molecule has 1 atom stereocenters. The minimum absolute atomic E-state index is 0.0582. The first-order chi connectivity index (χ1) is 6.83. The lowest BCUT2D eigenvalue weighted by molar-refractivity contribution is -0.126. The van der Waals surface area contributed by atoms with Crippen LogP contribution in [-0.4, -0.2) is 12.4 Å². The van der Waals surface area contributed by atoms with Crippen molar-refractivity contribution in [3.63, 3.8) is 0 Å². The Hall–Kier alpha value is -1.41. The Labute approximate surface area is 83.2 Å². The summed E-state index contributed by atoms with van der Waals surface area (Å²) in [5.74, 6) is -0.0582. The van der Waals surface area contributed by atoms with Gasteiger partial charge in [0.15, 0.2) is 5.78 Å². The third-order valence-electron chi connectivity index (χ3n) is 2.45. The molecule has 0 spiro atoms. The summed E-state index contributed by atoms with van der Waals surface area (Å²) >= 11 is 0. The van der Waals surface area contributed by atoms with Gasteiger partial charge in [-0.3, -0.25) is 4.79 Å². The maximum Gasteiger partial charge on any atom is 0.188 e. The first kappa shape index (κ1) is 9.16. The summed E-state index contributed by atoms with van der Waals surface area (Å²) in [6.45, 7) is 4.09. The van der Waals surface area contributed by atoms with Gasteiger partial charge in [0.05, 0.1) is 6.61 Å². The molecule has 2 heteroatoms. The van der Waals surface area contributed by atoms with E-state index in [1.165, 1.54) is 11.6 Å². The van der Waals surface area contributed by atoms with Crippen LogP contribution >= 0.6 is 0 Å². The molecule has 2 rings (SSSR count). The first-order valence-corrected chi connectivity index (χ1v) is 4.68. The number of carbonyl (C=O) groups excluding carboxylic acids is 1. The third-order valence-corrected chi connectivity index (χ3v) is 2.45. The Kier molecular flexibility index (Phi) is 2.46. The van der Waals surface area contributed by atoms with Crippen molar-refractivity contribution in [1.82, 2.24) is 0 Å². The van der Waals surface area contributed by atoms with Crippen LogP contribution in [0.5, 0.6) is 0 Å². The number of carbonyl (C=O) groups is 1. The highest BCUT2D eigenvalue weighted by Gasteiger charge is 2.24. The number of benzene rings is 1. The van der Waals surface area contributed by atoms with Crippen molar-refractivity contribution in [3.05, 3.63) is 48.0 Å². The summed E-state index contributed by atoms with van der Waals surface area (Å²) in [5, 5.41) is 0. The minimum Gasteiger partial charge on any atom is -0.365 e. The quantitative estimate of drug-likeness (QED) is 0.664. The molecule has 1 aromatic carbocycles. The fourth-order valence-corrected chi connectivity index (χ4v) is 1.74. The Morgan fingerprint density at radius 3 is 3.07 bits per heavy atom. The summed E-state index contributed by atoms with van der Waals surface area (Å²) in [6.07, 6.45) is 1.78. The molecule has 1 aliphatic heterocycles. The van der Waals surface area contributed by atoms with E-state index < -0.39 is 6.10 Å². The second-order valence-electron chi connectivity index (χ2n) is 3.31. The standard InChI is InChI=1S/C12H12O2/c1-2-11(13)12-10-6-4-3-5-9(10)7-8-14-12/h2-6,12H,1,7-8H2. The van der Waals surface area contributed by atoms with Gasteiger partial charge in [-0.1, -0.05) is 30.8 Å². The van der Waals surface area contributed by atoms with Crippen LogP contribution in [0.2, 0.25) is 0 Å². The van der Waals surface area contributed by atoms with Gasteiger partial charge >= 0.3 is 0 Å². The van der Waals surface area contributed by atoms with E-state index in [0.717, 1.165) is 12.0 Å². The first-order valence-electron chi connectivity index (χ1n) is 4.68. The molecule has 2 nitrogen and oxygen atoms in total. The van der Waals surface area contributed by atoms with Crippen LogP contribution in [0.15, 0.2) is 36.9 Å². The summed E-state index contributed by atoms with van der Waals surface area (Å²) in [4.78, 5) is 11.5. The number of ether oxygens (including phenoxy) is 1. The van der Waals surface area contributed by atoms with Gasteiger partial charge in [0, 0.05) is 0 Å². The maximum atomic E-state index is 11.5. The van der Waals surface area contributed by atoms with Gasteiger partial charge in [0.25, 0.3) is 0 Å². The van der Waals surface area contributed by atoms with Gasteiger partial charge in [-0.15, -0.1) is 0 Å². The van der Waals surface area contributed by atoms with Crippen molar-refractivity contribution in [1.29, 1.82) is 0 Å². The Morgan fingerprint density at radius 2 is 2.29 bits per heavy atom. The van der Waals surface area contributed by atoms with E-state index in [0.29, 0.717) is 6.61 Å². The number of ketones is 1. The van der Waals surface area contributed by atoms with E-state index in [9.17, 15) is 4.79 Å². The molecule has 0 aliphatic carbocycles. The summed E-state index contributed by atoms with van der Waals surface area (Å²) in [6, 6.07) is 7.90. The molecule has 0 fully saturated rings. The molecule has 1 heterocycles. The van der Waals surface area contributed by atoms with Crippen LogP contribution in [0.1, 0.15) is 17.2 Å². The Balaban J connectivity index is 2.40. The molecule has 14 heavy (non-hydrogen) atoms. The third kappa shape index (κ3) is 1.49. The number of fused-ring (bicyclic) bond motifs is 1. The van der Waals surface area contributed by atoms with Crippen LogP contribution in [0.4, 0.5) is 0 Å². The van der Waals surface area contributed by atoms with E-state index in [-0.39, 0.29) is 5.78 Å². The van der Waals surface area contributed by atoms with Gasteiger partial charge in [0.2, 0.25) is 0 Å². The number of hydrogen-bond acceptors (Lipinski definition) is 2. The van der Waals surface area contributed by atoms with Crippen molar-refractivity contribution in [2.24, 2.45) is 0 Å². The van der Waals surface area contributed by atoms with Gasteiger partial charge in [-0.05, 0) is 23.6 Å². The maximum absolute atomic E-state index is 11.5. The van der Waals surface area contributed by atoms with E-state index in [1.807, 2.05) is 24.3 Å². The van der Waals surface area contributed by atoms with Crippen molar-refractivity contribution < 1.29 is 9.53 Å². The normalized spacial score (nSPS) is 19.9. The zero-order valence-corrected chi connectivity index (χ0v) is 7.90. The zero-order chi connectivity index (χ0) is 9.97. The molecule has 72 valence electrons. The molecule has 0 saturated heterocycles. The topological polar surface area (TPSA) is 26.3 Å². The van der Waals surface area contributed by atoms with E-state index in [4.69, 9.17) is 4.74 Å². The van der Waals surface area contributed by atoms with Crippen LogP contribution in [0.25, 0.3) is 0 Å². The average molecular weight is 188 g/mol. The molecule has 0 saturated carbocycles. The second-order valence-corrected chi connectivity index (χ2v) is 3.31. The molecule has 0 bridgehead atoms. The number of hydrogen-bond donors (Lipinski definition) is 0. The molecule has 1 unspecified atom stereocenters. The van der Waals surface area contributed by atoms with Gasteiger partial charge in [-0.25, -0.2) is 0 Å². The van der Waals surface area contributed by atoms with E-state index in [2.05, 4.69) is 6.58 Å². The molecular formula is C12H12O2. The molecule has 0 N–H and O–H groups in total. The van der Waals surface area contributed by atoms with E-state index >= 15 is 0 Å². The lowest BCUT2D eigenvalue weighted by atomic mass is 9.95. The second kappa shape index (κ2) is 3.76. The summed E-state index contributed by atoms with van der Waals surface area (Å²) in [5.41, 5.74) is 2.20. The predicted molar refractivity (Wildman–Crippen MR) is 54.0 cm³/mol. The fraction of sp³-hybridized carbons (Fsp3) is 0.250. The minimum atomic E-state index is -0.433. The largest absolute Gasteiger partial charge is 0.365 e. The molecular weight excluding hydrogens is 176 g/mol. The summed E-state index contributed by atoms with van der Waals surface area (Å²) in [7, 11) is 0. The average Bonchev–Trinajstić information content (AvgIpc) is 2.27. The van der Waals surface area contributed by atoms with Gasteiger partial charge < -0.3 is 4.74 Å². The lowest BCUT2D eigenvalue weighted by Gasteiger charge is -2.23. The highest BCUT2D eigenvalue weighted by Crippen LogP contribution is 2.27. The predicted octanol–water partition coefficient (Wildman–Crippen LogP) is 2.06. The fourth-order valence-electron chi connectivity index (χ4n) is 1.74. The summed E-state index contributed by atoms with van der Waals surface area (Å²) < 4.78 is 5.44. The van der Waals surface area contributed by atoms with Crippen molar-refractivity contribution in [2.75, 3.05) is 6.61 Å². The molecule has 0 radical (unpaired) electrons. The van der Waals surface area contributed by atoms with Crippen LogP contribution in [0.3, 0.4) is 0 Å². The SMILES string of the molecule is C=CC(=O)C1OCCc2ccccc21. The molecule has 1 aliphatic rings. The molecule has 0 amide bonds. The van der Waals surface area contributed by atoms with Crippen molar-refractivity contribution >= 4 is 5.78 Å². The Morgan fingerprint density at radius 1 is 1.50 bits per heavy atom. The number of rotatable bonds is 2. The molecule has 0 aromatic heterocycles. The highest BCUT2D eigenvalue weighted by molar-refractivity contribution is 5.94. The van der Waals surface area contributed by atoms with Crippen molar-refractivity contribution in [3.8, 4) is 0 Å². The van der Waals surface area contributed by atoms with Crippen molar-refractivity contribution in [2.45, 2.75) is 12.5 Å². The van der Waals surface area contributed by atoms with E-state index in [1.54, 1.807) is 0 Å². The van der Waals surface area contributed by atoms with Crippen LogP contribution in [0, 0.1) is 0 Å². The Bertz CT molecular complexity index is 368. The smallest absolute Gasteiger partial charge is 0.188 e.